The van der Waals surface area contributed by atoms with E-state index in [1.807, 2.05) is 7.05 Å². The Balaban J connectivity index is 3.87. The van der Waals surface area contributed by atoms with Gasteiger partial charge in [0.2, 0.25) is 0 Å². The van der Waals surface area contributed by atoms with Crippen molar-refractivity contribution in [1.82, 2.24) is 15.1 Å². The van der Waals surface area contributed by atoms with Crippen LogP contribution in [-0.2, 0) is 0 Å². The fourth-order valence-corrected chi connectivity index (χ4v) is 2.46. The molecule has 4 nitrogen and oxygen atoms in total. The van der Waals surface area contributed by atoms with Gasteiger partial charge >= 0.3 is 0 Å². The van der Waals surface area contributed by atoms with Crippen LogP contribution in [0.1, 0.15) is 47.0 Å². The van der Waals surface area contributed by atoms with E-state index in [0.29, 0.717) is 0 Å². The second-order valence-electron chi connectivity index (χ2n) is 5.89. The van der Waals surface area contributed by atoms with Crippen molar-refractivity contribution in [2.75, 3.05) is 52.9 Å². The van der Waals surface area contributed by atoms with Crippen LogP contribution in [0, 0.1) is 0 Å². The normalized spacial score (nSPS) is 15.0. The molecule has 1 atom stereocenters. The Morgan fingerprint density at radius 2 is 1.40 bits per heavy atom. The van der Waals surface area contributed by atoms with Gasteiger partial charge in [0.25, 0.3) is 0 Å². The van der Waals surface area contributed by atoms with Gasteiger partial charge in [-0.15, -0.1) is 0 Å². The standard InChI is InChI=1S/C16H37N3O/c1-6-18(7-2)13-10-14-19(8-3)12-9-11-16(4,15-20)17-5/h17,20H,6-15H2,1-5H3. The van der Waals surface area contributed by atoms with E-state index in [1.165, 1.54) is 19.5 Å². The van der Waals surface area contributed by atoms with Gasteiger partial charge < -0.3 is 20.2 Å². The monoisotopic (exact) mass is 287 g/mol. The van der Waals surface area contributed by atoms with Crippen molar-refractivity contribution in [1.29, 1.82) is 0 Å². The molecule has 0 saturated heterocycles. The Hall–Kier alpha value is -0.160. The SMILES string of the molecule is CCN(CC)CCCN(CC)CCCC(C)(CO)NC. The van der Waals surface area contributed by atoms with Crippen LogP contribution in [0.15, 0.2) is 0 Å². The predicted octanol–water partition coefficient (Wildman–Crippen LogP) is 1.79. The zero-order valence-electron chi connectivity index (χ0n) is 14.4. The molecule has 0 heterocycles. The van der Waals surface area contributed by atoms with Gasteiger partial charge in [-0.2, -0.15) is 0 Å². The summed E-state index contributed by atoms with van der Waals surface area (Å²) in [6, 6.07) is 0. The van der Waals surface area contributed by atoms with E-state index in [4.69, 9.17) is 0 Å². The van der Waals surface area contributed by atoms with Crippen LogP contribution in [0.2, 0.25) is 0 Å². The molecule has 0 aliphatic rings. The lowest BCUT2D eigenvalue weighted by molar-refractivity contribution is 0.163. The molecule has 0 rings (SSSR count). The van der Waals surface area contributed by atoms with Crippen molar-refractivity contribution in [3.63, 3.8) is 0 Å². The summed E-state index contributed by atoms with van der Waals surface area (Å²) in [7, 11) is 1.93. The first-order valence-electron chi connectivity index (χ1n) is 8.29. The van der Waals surface area contributed by atoms with E-state index < -0.39 is 0 Å². The summed E-state index contributed by atoms with van der Waals surface area (Å²) in [6.07, 6.45) is 3.41. The van der Waals surface area contributed by atoms with E-state index in [9.17, 15) is 5.11 Å². The molecular formula is C16H37N3O. The van der Waals surface area contributed by atoms with Crippen LogP contribution in [0.3, 0.4) is 0 Å². The second-order valence-corrected chi connectivity index (χ2v) is 5.89. The fourth-order valence-electron chi connectivity index (χ4n) is 2.46. The maximum atomic E-state index is 9.38. The number of aliphatic hydroxyl groups is 1. The Bertz CT molecular complexity index is 216. The molecule has 0 aliphatic heterocycles. The summed E-state index contributed by atoms with van der Waals surface area (Å²) in [4.78, 5) is 5.01. The van der Waals surface area contributed by atoms with E-state index in [1.54, 1.807) is 0 Å². The number of nitrogens with one attached hydrogen (secondary N) is 1. The van der Waals surface area contributed by atoms with Crippen LogP contribution in [-0.4, -0.2) is 73.4 Å². The zero-order chi connectivity index (χ0) is 15.4. The predicted molar refractivity (Wildman–Crippen MR) is 88.3 cm³/mol. The third-order valence-corrected chi connectivity index (χ3v) is 4.45. The first-order chi connectivity index (χ1) is 9.55. The minimum Gasteiger partial charge on any atom is -0.394 e. The number of aliphatic hydroxyl groups excluding tert-OH is 1. The molecule has 0 bridgehead atoms. The average molecular weight is 287 g/mol. The molecule has 4 heteroatoms. The van der Waals surface area contributed by atoms with Crippen molar-refractivity contribution in [2.24, 2.45) is 0 Å². The average Bonchev–Trinajstić information content (AvgIpc) is 2.49. The Labute approximate surface area is 126 Å². The molecule has 122 valence electrons. The highest BCUT2D eigenvalue weighted by Gasteiger charge is 2.20. The van der Waals surface area contributed by atoms with Crippen LogP contribution in [0.5, 0.6) is 0 Å². The molecule has 0 radical (unpaired) electrons. The van der Waals surface area contributed by atoms with E-state index in [0.717, 1.165) is 39.0 Å². The number of likely N-dealkylation sites (N-methyl/N-ethyl adjacent to an activating group) is 1. The minimum absolute atomic E-state index is 0.124. The third-order valence-electron chi connectivity index (χ3n) is 4.45. The van der Waals surface area contributed by atoms with Gasteiger partial charge in [-0.3, -0.25) is 0 Å². The van der Waals surface area contributed by atoms with Gasteiger partial charge in [-0.05, 0) is 72.5 Å². The third kappa shape index (κ3) is 8.20. The summed E-state index contributed by atoms with van der Waals surface area (Å²) < 4.78 is 0. The van der Waals surface area contributed by atoms with Gasteiger partial charge in [-0.1, -0.05) is 20.8 Å². The van der Waals surface area contributed by atoms with Gasteiger partial charge in [0.15, 0.2) is 0 Å². The van der Waals surface area contributed by atoms with Crippen LogP contribution in [0.25, 0.3) is 0 Å². The van der Waals surface area contributed by atoms with Gasteiger partial charge in [0, 0.05) is 5.54 Å². The molecule has 0 aromatic rings. The second kappa shape index (κ2) is 11.5. The summed E-state index contributed by atoms with van der Waals surface area (Å²) in [5.41, 5.74) is -0.124. The molecule has 0 aromatic carbocycles. The first-order valence-corrected chi connectivity index (χ1v) is 8.29. The summed E-state index contributed by atoms with van der Waals surface area (Å²) in [5, 5.41) is 12.6. The van der Waals surface area contributed by atoms with Crippen molar-refractivity contribution in [2.45, 2.75) is 52.5 Å². The highest BCUT2D eigenvalue weighted by molar-refractivity contribution is 4.80. The number of hydrogen-bond acceptors (Lipinski definition) is 4. The van der Waals surface area contributed by atoms with Crippen molar-refractivity contribution < 1.29 is 5.11 Å². The molecule has 0 aliphatic carbocycles. The van der Waals surface area contributed by atoms with Crippen molar-refractivity contribution >= 4 is 0 Å². The lowest BCUT2D eigenvalue weighted by Gasteiger charge is -2.29. The zero-order valence-corrected chi connectivity index (χ0v) is 14.4. The highest BCUT2D eigenvalue weighted by atomic mass is 16.3. The lowest BCUT2D eigenvalue weighted by atomic mass is 9.97. The largest absolute Gasteiger partial charge is 0.394 e. The Morgan fingerprint density at radius 3 is 1.85 bits per heavy atom. The molecular weight excluding hydrogens is 250 g/mol. The topological polar surface area (TPSA) is 38.7 Å². The lowest BCUT2D eigenvalue weighted by Crippen LogP contribution is -2.44. The molecule has 0 aromatic heterocycles. The van der Waals surface area contributed by atoms with Gasteiger partial charge in [-0.25, -0.2) is 0 Å². The van der Waals surface area contributed by atoms with Crippen LogP contribution in [0.4, 0.5) is 0 Å². The molecule has 0 fully saturated rings. The molecule has 0 saturated carbocycles. The first kappa shape index (κ1) is 19.8. The smallest absolute Gasteiger partial charge is 0.0610 e. The molecule has 0 amide bonds. The summed E-state index contributed by atoms with van der Waals surface area (Å²) in [5.74, 6) is 0. The molecule has 1 unspecified atom stereocenters. The number of rotatable bonds is 13. The maximum absolute atomic E-state index is 9.38. The fraction of sp³-hybridized carbons (Fsp3) is 1.00. The molecule has 0 spiro atoms. The van der Waals surface area contributed by atoms with Crippen molar-refractivity contribution in [3.05, 3.63) is 0 Å². The number of nitrogens with zero attached hydrogens (tertiary/aromatic N) is 2. The summed E-state index contributed by atoms with van der Waals surface area (Å²) in [6.45, 7) is 15.9. The quantitative estimate of drug-likeness (QED) is 0.542. The van der Waals surface area contributed by atoms with Gasteiger partial charge in [0.05, 0.1) is 6.61 Å². The summed E-state index contributed by atoms with van der Waals surface area (Å²) >= 11 is 0. The van der Waals surface area contributed by atoms with E-state index >= 15 is 0 Å². The molecule has 2 N–H and O–H groups in total. The van der Waals surface area contributed by atoms with Gasteiger partial charge in [0.1, 0.15) is 0 Å². The van der Waals surface area contributed by atoms with E-state index in [-0.39, 0.29) is 12.1 Å². The van der Waals surface area contributed by atoms with Crippen LogP contribution >= 0.6 is 0 Å². The van der Waals surface area contributed by atoms with Crippen molar-refractivity contribution in [3.8, 4) is 0 Å². The van der Waals surface area contributed by atoms with E-state index in [2.05, 4.69) is 42.8 Å². The maximum Gasteiger partial charge on any atom is 0.0610 e. The minimum atomic E-state index is -0.124. The molecule has 20 heavy (non-hydrogen) atoms. The van der Waals surface area contributed by atoms with Crippen LogP contribution < -0.4 is 5.32 Å². The number of hydrogen-bond donors (Lipinski definition) is 2. The Morgan fingerprint density at radius 1 is 0.900 bits per heavy atom. The highest BCUT2D eigenvalue weighted by Crippen LogP contribution is 2.11. The Kier molecular flexibility index (Phi) is 11.4.